The number of hydrogen-bond acceptors (Lipinski definition) is 8. The number of nitrogens with zero attached hydrogens (tertiary/aromatic N) is 5. The fourth-order valence-electron chi connectivity index (χ4n) is 4.27. The van der Waals surface area contributed by atoms with Crippen molar-refractivity contribution in [2.45, 2.75) is 30.4 Å². The first kappa shape index (κ1) is 27.0. The predicted octanol–water partition coefficient (Wildman–Crippen LogP) is 2.69. The molecule has 1 saturated heterocycles. The maximum absolute atomic E-state index is 13.3. The Hall–Kier alpha value is -3.05. The van der Waals surface area contributed by atoms with Crippen LogP contribution in [0, 0.1) is 6.92 Å². The highest BCUT2D eigenvalue weighted by atomic mass is 32.2. The number of benzene rings is 1. The molecule has 9 nitrogen and oxygen atoms in total. The summed E-state index contributed by atoms with van der Waals surface area (Å²) in [5, 5.41) is 13.9. The highest BCUT2D eigenvalue weighted by Crippen LogP contribution is 2.27. The van der Waals surface area contributed by atoms with Gasteiger partial charge in [-0.1, -0.05) is 18.2 Å². The summed E-state index contributed by atoms with van der Waals surface area (Å²) in [5.74, 6) is 1.53. The van der Waals surface area contributed by atoms with E-state index in [0.717, 1.165) is 35.6 Å². The molecule has 1 fully saturated rings. The van der Waals surface area contributed by atoms with Gasteiger partial charge in [0, 0.05) is 45.6 Å². The third-order valence-electron chi connectivity index (χ3n) is 6.63. The van der Waals surface area contributed by atoms with Crippen LogP contribution in [0.1, 0.15) is 12.0 Å². The van der Waals surface area contributed by atoms with Crippen LogP contribution in [0.5, 0.6) is 0 Å². The van der Waals surface area contributed by atoms with Crippen LogP contribution < -0.4 is 10.2 Å². The number of anilines is 2. The molecule has 37 heavy (non-hydrogen) atoms. The summed E-state index contributed by atoms with van der Waals surface area (Å²) in [6.45, 7) is 4.07. The zero-order valence-corrected chi connectivity index (χ0v) is 22.7. The van der Waals surface area contributed by atoms with Crippen molar-refractivity contribution in [2.75, 3.05) is 57.5 Å². The minimum Gasteiger partial charge on any atom is -0.390 e. The SMILES string of the molecule is Cc1ccc(N[C@@H]2CCN(S(=O)(=O)c3ccc(-c4ccnc(N(C)CCN(C)C)c4)cc3)C[C@@H]2O)nc1. The van der Waals surface area contributed by atoms with Crippen molar-refractivity contribution >= 4 is 21.7 Å². The van der Waals surface area contributed by atoms with Gasteiger partial charge in [-0.05, 0) is 74.5 Å². The summed E-state index contributed by atoms with van der Waals surface area (Å²) in [6, 6.07) is 14.4. The number of aliphatic hydroxyl groups excluding tert-OH is 1. The topological polar surface area (TPSA) is 102 Å². The van der Waals surface area contributed by atoms with Crippen LogP contribution in [0.25, 0.3) is 11.1 Å². The monoisotopic (exact) mass is 524 g/mol. The van der Waals surface area contributed by atoms with Crippen molar-refractivity contribution in [3.8, 4) is 11.1 Å². The summed E-state index contributed by atoms with van der Waals surface area (Å²) in [4.78, 5) is 13.2. The molecule has 0 spiro atoms. The first-order valence-corrected chi connectivity index (χ1v) is 13.9. The Morgan fingerprint density at radius 2 is 1.78 bits per heavy atom. The Balaban J connectivity index is 1.42. The second-order valence-corrected chi connectivity index (χ2v) is 11.8. The number of aliphatic hydroxyl groups is 1. The average molecular weight is 525 g/mol. The number of nitrogens with one attached hydrogen (secondary N) is 1. The van der Waals surface area contributed by atoms with Gasteiger partial charge in [0.25, 0.3) is 0 Å². The van der Waals surface area contributed by atoms with Gasteiger partial charge in [-0.2, -0.15) is 4.31 Å². The Kier molecular flexibility index (Phi) is 8.43. The Labute approximate surface area is 219 Å². The van der Waals surface area contributed by atoms with E-state index in [1.165, 1.54) is 4.31 Å². The molecule has 10 heteroatoms. The van der Waals surface area contributed by atoms with Crippen molar-refractivity contribution < 1.29 is 13.5 Å². The number of aryl methyl sites for hydroxylation is 1. The Bertz CT molecular complexity index is 1280. The second-order valence-electron chi connectivity index (χ2n) is 9.84. The number of piperidine rings is 1. The van der Waals surface area contributed by atoms with Crippen LogP contribution in [-0.4, -0.2) is 92.2 Å². The summed E-state index contributed by atoms with van der Waals surface area (Å²) >= 11 is 0. The Morgan fingerprint density at radius 1 is 1.03 bits per heavy atom. The van der Waals surface area contributed by atoms with E-state index in [2.05, 4.69) is 25.1 Å². The van der Waals surface area contributed by atoms with Crippen molar-refractivity contribution in [1.82, 2.24) is 19.2 Å². The van der Waals surface area contributed by atoms with Gasteiger partial charge in [0.1, 0.15) is 11.6 Å². The highest BCUT2D eigenvalue weighted by Gasteiger charge is 2.34. The van der Waals surface area contributed by atoms with Crippen LogP contribution in [0.2, 0.25) is 0 Å². The predicted molar refractivity (Wildman–Crippen MR) is 147 cm³/mol. The lowest BCUT2D eigenvalue weighted by Gasteiger charge is -2.35. The molecule has 3 heterocycles. The first-order valence-electron chi connectivity index (χ1n) is 12.4. The summed E-state index contributed by atoms with van der Waals surface area (Å²) in [6.07, 6.45) is 3.17. The molecule has 3 aromatic rings. The molecule has 0 bridgehead atoms. The molecule has 0 amide bonds. The van der Waals surface area contributed by atoms with Gasteiger partial charge in [-0.15, -0.1) is 0 Å². The largest absolute Gasteiger partial charge is 0.390 e. The van der Waals surface area contributed by atoms with Gasteiger partial charge in [-0.3, -0.25) is 0 Å². The first-order chi connectivity index (χ1) is 17.6. The molecule has 4 rings (SSSR count). The van der Waals surface area contributed by atoms with E-state index in [0.29, 0.717) is 18.8 Å². The van der Waals surface area contributed by atoms with E-state index in [1.807, 2.05) is 64.5 Å². The van der Waals surface area contributed by atoms with E-state index in [-0.39, 0.29) is 17.5 Å². The fraction of sp³-hybridized carbons (Fsp3) is 0.407. The minimum atomic E-state index is -3.73. The minimum absolute atomic E-state index is 0.0284. The number of pyridine rings is 2. The van der Waals surface area contributed by atoms with Crippen LogP contribution in [0.3, 0.4) is 0 Å². The molecule has 1 aromatic carbocycles. The molecule has 2 atom stereocenters. The number of likely N-dealkylation sites (N-methyl/N-ethyl adjacent to an activating group) is 2. The maximum atomic E-state index is 13.3. The summed E-state index contributed by atoms with van der Waals surface area (Å²) in [5.41, 5.74) is 2.93. The lowest BCUT2D eigenvalue weighted by molar-refractivity contribution is 0.0949. The number of aromatic nitrogens is 2. The van der Waals surface area contributed by atoms with Crippen molar-refractivity contribution in [2.24, 2.45) is 0 Å². The van der Waals surface area contributed by atoms with E-state index < -0.39 is 16.1 Å². The standard InChI is InChI=1S/C27H36N6O3S/c1-20-5-10-26(29-18-20)30-24-12-14-33(19-25(24)34)37(35,36)23-8-6-21(7-9-23)22-11-13-28-27(17-22)32(4)16-15-31(2)3/h5-11,13,17-18,24-25,34H,12,14-16,19H2,1-4H3,(H,29,30)/t24-,25+/m1/s1. The van der Waals surface area contributed by atoms with Crippen LogP contribution in [-0.2, 0) is 10.0 Å². The molecular formula is C27H36N6O3S. The number of hydrogen-bond donors (Lipinski definition) is 2. The average Bonchev–Trinajstić information content (AvgIpc) is 2.89. The van der Waals surface area contributed by atoms with Gasteiger partial charge in [0.15, 0.2) is 0 Å². The third-order valence-corrected chi connectivity index (χ3v) is 8.51. The fourth-order valence-corrected chi connectivity index (χ4v) is 5.75. The van der Waals surface area contributed by atoms with E-state index in [9.17, 15) is 13.5 Å². The maximum Gasteiger partial charge on any atom is 0.243 e. The number of β-amino-alcohol motifs (C(OH)–C–C–N with tert-alkyl or cyclic N) is 1. The van der Waals surface area contributed by atoms with Crippen LogP contribution in [0.15, 0.2) is 65.8 Å². The van der Waals surface area contributed by atoms with Gasteiger partial charge < -0.3 is 20.2 Å². The van der Waals surface area contributed by atoms with E-state index in [1.54, 1.807) is 24.5 Å². The number of sulfonamides is 1. The van der Waals surface area contributed by atoms with Gasteiger partial charge in [0.2, 0.25) is 10.0 Å². The molecule has 0 unspecified atom stereocenters. The molecule has 198 valence electrons. The highest BCUT2D eigenvalue weighted by molar-refractivity contribution is 7.89. The molecule has 2 aromatic heterocycles. The van der Waals surface area contributed by atoms with Crippen molar-refractivity contribution in [3.05, 3.63) is 66.5 Å². The molecule has 1 aliphatic heterocycles. The zero-order valence-electron chi connectivity index (χ0n) is 21.9. The van der Waals surface area contributed by atoms with Gasteiger partial charge in [0.05, 0.1) is 17.0 Å². The molecule has 0 aliphatic carbocycles. The lowest BCUT2D eigenvalue weighted by Crippen LogP contribution is -2.51. The smallest absolute Gasteiger partial charge is 0.243 e. The molecule has 1 aliphatic rings. The molecular weight excluding hydrogens is 488 g/mol. The Morgan fingerprint density at radius 3 is 2.43 bits per heavy atom. The van der Waals surface area contributed by atoms with Crippen molar-refractivity contribution in [1.29, 1.82) is 0 Å². The van der Waals surface area contributed by atoms with E-state index in [4.69, 9.17) is 0 Å². The lowest BCUT2D eigenvalue weighted by atomic mass is 10.0. The van der Waals surface area contributed by atoms with Crippen LogP contribution in [0.4, 0.5) is 11.6 Å². The molecule has 2 N–H and O–H groups in total. The summed E-state index contributed by atoms with van der Waals surface area (Å²) < 4.78 is 28.0. The zero-order chi connectivity index (χ0) is 26.6. The molecule has 0 saturated carbocycles. The van der Waals surface area contributed by atoms with Crippen LogP contribution >= 0.6 is 0 Å². The summed E-state index contributed by atoms with van der Waals surface area (Å²) in [7, 11) is 2.36. The normalized spacial score (nSPS) is 18.6. The number of rotatable bonds is 9. The van der Waals surface area contributed by atoms with Crippen molar-refractivity contribution in [3.63, 3.8) is 0 Å². The second kappa shape index (κ2) is 11.6. The quantitative estimate of drug-likeness (QED) is 0.441. The molecule has 0 radical (unpaired) electrons. The third kappa shape index (κ3) is 6.64. The van der Waals surface area contributed by atoms with Gasteiger partial charge >= 0.3 is 0 Å². The van der Waals surface area contributed by atoms with E-state index >= 15 is 0 Å². The van der Waals surface area contributed by atoms with Gasteiger partial charge in [-0.25, -0.2) is 18.4 Å².